The Morgan fingerprint density at radius 2 is 2.35 bits per heavy atom. The summed E-state index contributed by atoms with van der Waals surface area (Å²) < 4.78 is 1.18. The van der Waals surface area contributed by atoms with Gasteiger partial charge in [0, 0.05) is 20.9 Å². The number of carbonyl (C=O) groups excluding carboxylic acids is 1. The van der Waals surface area contributed by atoms with Gasteiger partial charge in [-0.1, -0.05) is 0 Å². The fraction of sp³-hybridized carbons (Fsp3) is 0.364. The lowest BCUT2D eigenvalue weighted by Gasteiger charge is -2.12. The van der Waals surface area contributed by atoms with Crippen LogP contribution in [0, 0.1) is 10.5 Å². The quantitative estimate of drug-likeness (QED) is 0.770. The molecule has 94 valence electrons. The van der Waals surface area contributed by atoms with Crippen LogP contribution < -0.4 is 10.6 Å². The van der Waals surface area contributed by atoms with Crippen molar-refractivity contribution in [1.82, 2.24) is 5.32 Å². The van der Waals surface area contributed by atoms with Crippen LogP contribution in [0.1, 0.15) is 5.56 Å². The van der Waals surface area contributed by atoms with Crippen LogP contribution in [0.3, 0.4) is 0 Å². The molecule has 2 N–H and O–H groups in total. The van der Waals surface area contributed by atoms with Gasteiger partial charge in [0.25, 0.3) is 0 Å². The minimum atomic E-state index is -0.0521. The van der Waals surface area contributed by atoms with E-state index in [1.807, 2.05) is 19.1 Å². The summed E-state index contributed by atoms with van der Waals surface area (Å²) in [7, 11) is 0. The van der Waals surface area contributed by atoms with Crippen molar-refractivity contribution in [3.8, 4) is 0 Å². The zero-order valence-corrected chi connectivity index (χ0v) is 13.1. The summed E-state index contributed by atoms with van der Waals surface area (Å²) in [6.07, 6.45) is 0. The van der Waals surface area contributed by atoms with Gasteiger partial charge in [-0.05, 0) is 53.3 Å². The molecule has 0 radical (unpaired) electrons. The van der Waals surface area contributed by atoms with Crippen molar-refractivity contribution in [2.45, 2.75) is 13.0 Å². The number of benzene rings is 1. The second-order valence-electron chi connectivity index (χ2n) is 3.72. The Hall–Kier alpha value is 0.0200. The molecule has 1 saturated heterocycles. The van der Waals surface area contributed by atoms with E-state index in [1.165, 1.54) is 3.57 Å². The summed E-state index contributed by atoms with van der Waals surface area (Å²) >= 11 is 4.02. The number of halogens is 2. The van der Waals surface area contributed by atoms with E-state index in [2.05, 4.69) is 39.3 Å². The summed E-state index contributed by atoms with van der Waals surface area (Å²) in [5, 5.41) is 6.12. The zero-order chi connectivity index (χ0) is 11.5. The molecule has 1 atom stereocenters. The van der Waals surface area contributed by atoms with Crippen molar-refractivity contribution in [2.24, 2.45) is 0 Å². The topological polar surface area (TPSA) is 41.1 Å². The Bertz CT molecular complexity index is 410. The number of hydrogen-bond donors (Lipinski definition) is 2. The first-order valence-corrected chi connectivity index (χ1v) is 7.28. The van der Waals surface area contributed by atoms with Gasteiger partial charge in [0.15, 0.2) is 0 Å². The summed E-state index contributed by atoms with van der Waals surface area (Å²) in [6.45, 7) is 2.01. The van der Waals surface area contributed by atoms with Crippen LogP contribution in [0.2, 0.25) is 0 Å². The molecule has 1 aliphatic heterocycles. The predicted molar refractivity (Wildman–Crippen MR) is 84.0 cm³/mol. The van der Waals surface area contributed by atoms with Crippen LogP contribution >= 0.6 is 46.8 Å². The molecular weight excluding hydrogens is 371 g/mol. The molecule has 1 aromatic carbocycles. The van der Waals surface area contributed by atoms with Crippen molar-refractivity contribution in [3.63, 3.8) is 0 Å². The van der Waals surface area contributed by atoms with Crippen LogP contribution in [0.4, 0.5) is 5.69 Å². The first kappa shape index (κ1) is 15.1. The van der Waals surface area contributed by atoms with Crippen LogP contribution in [-0.4, -0.2) is 23.6 Å². The van der Waals surface area contributed by atoms with Crippen LogP contribution in [-0.2, 0) is 4.79 Å². The van der Waals surface area contributed by atoms with Crippen LogP contribution in [0.25, 0.3) is 0 Å². The van der Waals surface area contributed by atoms with Gasteiger partial charge in [0.1, 0.15) is 0 Å². The van der Waals surface area contributed by atoms with E-state index in [9.17, 15) is 4.79 Å². The highest BCUT2D eigenvalue weighted by molar-refractivity contribution is 14.1. The second kappa shape index (κ2) is 6.82. The molecule has 0 spiro atoms. The Morgan fingerprint density at radius 3 is 2.94 bits per heavy atom. The van der Waals surface area contributed by atoms with Crippen LogP contribution in [0.15, 0.2) is 18.2 Å². The molecule has 0 bridgehead atoms. The number of aryl methyl sites for hydroxylation is 1. The Labute approximate surface area is 125 Å². The molecule has 1 amide bonds. The molecule has 3 nitrogen and oxygen atoms in total. The van der Waals surface area contributed by atoms with E-state index in [1.54, 1.807) is 11.8 Å². The van der Waals surface area contributed by atoms with Gasteiger partial charge in [-0.25, -0.2) is 0 Å². The van der Waals surface area contributed by atoms with Gasteiger partial charge >= 0.3 is 0 Å². The zero-order valence-electron chi connectivity index (χ0n) is 9.33. The molecule has 0 aliphatic carbocycles. The van der Waals surface area contributed by atoms with Gasteiger partial charge in [-0.2, -0.15) is 0 Å². The monoisotopic (exact) mass is 384 g/mol. The summed E-state index contributed by atoms with van der Waals surface area (Å²) in [4.78, 5) is 11.9. The number of rotatable bonds is 2. The summed E-state index contributed by atoms with van der Waals surface area (Å²) in [6, 6.07) is 5.97. The molecule has 0 aromatic heterocycles. The highest BCUT2D eigenvalue weighted by atomic mass is 127. The lowest BCUT2D eigenvalue weighted by molar-refractivity contribution is -0.117. The predicted octanol–water partition coefficient (Wildman–Crippen LogP) is 2.62. The number of carbonyl (C=O) groups is 1. The number of amides is 1. The van der Waals surface area contributed by atoms with Crippen molar-refractivity contribution >= 4 is 58.4 Å². The fourth-order valence-electron chi connectivity index (χ4n) is 1.55. The largest absolute Gasteiger partial charge is 0.324 e. The maximum Gasteiger partial charge on any atom is 0.242 e. The first-order valence-electron chi connectivity index (χ1n) is 5.05. The molecule has 0 saturated carbocycles. The van der Waals surface area contributed by atoms with Gasteiger partial charge < -0.3 is 5.32 Å². The van der Waals surface area contributed by atoms with Crippen molar-refractivity contribution < 1.29 is 4.79 Å². The molecule has 1 heterocycles. The Balaban J connectivity index is 0.00000144. The number of thioether (sulfide) groups is 1. The molecule has 1 unspecified atom stereocenters. The molecule has 6 heteroatoms. The average molecular weight is 385 g/mol. The smallest absolute Gasteiger partial charge is 0.242 e. The normalized spacial score (nSPS) is 18.6. The van der Waals surface area contributed by atoms with Crippen molar-refractivity contribution in [2.75, 3.05) is 16.9 Å². The third kappa shape index (κ3) is 4.01. The summed E-state index contributed by atoms with van der Waals surface area (Å²) in [5.74, 6) is 1.79. The van der Waals surface area contributed by atoms with E-state index >= 15 is 0 Å². The van der Waals surface area contributed by atoms with Gasteiger partial charge in [0.05, 0.1) is 6.04 Å². The Morgan fingerprint density at radius 1 is 1.59 bits per heavy atom. The Kier molecular flexibility index (Phi) is 6.05. The molecule has 17 heavy (non-hydrogen) atoms. The SMILES string of the molecule is Cc1cc(I)ccc1NC(=O)C1CSCN1.Cl. The fourth-order valence-corrected chi connectivity index (χ4v) is 3.14. The third-order valence-corrected chi connectivity index (χ3v) is 4.09. The maximum absolute atomic E-state index is 11.9. The number of nitrogens with one attached hydrogen (secondary N) is 2. The standard InChI is InChI=1S/C11H13IN2OS.ClH/c1-7-4-8(12)2-3-9(7)14-11(15)10-5-16-6-13-10;/h2-4,10,13H,5-6H2,1H3,(H,14,15);1H. The summed E-state index contributed by atoms with van der Waals surface area (Å²) in [5.41, 5.74) is 2.01. The van der Waals surface area contributed by atoms with E-state index in [0.717, 1.165) is 22.9 Å². The lowest BCUT2D eigenvalue weighted by Crippen LogP contribution is -2.37. The van der Waals surface area contributed by atoms with E-state index in [-0.39, 0.29) is 24.4 Å². The second-order valence-corrected chi connectivity index (χ2v) is 6.00. The highest BCUT2D eigenvalue weighted by Crippen LogP contribution is 2.19. The molecule has 1 aliphatic rings. The lowest BCUT2D eigenvalue weighted by atomic mass is 10.2. The maximum atomic E-state index is 11.9. The first-order chi connectivity index (χ1) is 7.66. The number of anilines is 1. The minimum absolute atomic E-state index is 0. The van der Waals surface area contributed by atoms with Gasteiger partial charge in [0.2, 0.25) is 5.91 Å². The highest BCUT2D eigenvalue weighted by Gasteiger charge is 2.22. The number of hydrogen-bond acceptors (Lipinski definition) is 3. The average Bonchev–Trinajstić information content (AvgIpc) is 2.75. The molecule has 1 fully saturated rings. The van der Waals surface area contributed by atoms with E-state index < -0.39 is 0 Å². The van der Waals surface area contributed by atoms with E-state index in [0.29, 0.717) is 0 Å². The minimum Gasteiger partial charge on any atom is -0.324 e. The van der Waals surface area contributed by atoms with Crippen molar-refractivity contribution in [1.29, 1.82) is 0 Å². The molecular formula is C11H14ClIN2OS. The molecule has 1 aromatic rings. The van der Waals surface area contributed by atoms with Gasteiger partial charge in [-0.3, -0.25) is 10.1 Å². The molecule has 2 rings (SSSR count). The van der Waals surface area contributed by atoms with E-state index in [4.69, 9.17) is 0 Å². The van der Waals surface area contributed by atoms with Crippen molar-refractivity contribution in [3.05, 3.63) is 27.3 Å². The third-order valence-electron chi connectivity index (χ3n) is 2.48. The van der Waals surface area contributed by atoms with Crippen LogP contribution in [0.5, 0.6) is 0 Å². The van der Waals surface area contributed by atoms with Gasteiger partial charge in [-0.15, -0.1) is 24.2 Å².